The van der Waals surface area contributed by atoms with E-state index in [1.165, 1.54) is 23.6 Å². The number of aromatic nitrogens is 1. The van der Waals surface area contributed by atoms with E-state index in [9.17, 15) is 4.79 Å². The number of allylic oxidation sites excluding steroid dienone is 1. The van der Waals surface area contributed by atoms with Gasteiger partial charge in [-0.1, -0.05) is 41.6 Å². The summed E-state index contributed by atoms with van der Waals surface area (Å²) in [4.78, 5) is 11.5. The van der Waals surface area contributed by atoms with Gasteiger partial charge in [0.1, 0.15) is 12.0 Å². The number of ether oxygens (including phenoxy) is 1. The Morgan fingerprint density at radius 2 is 1.96 bits per heavy atom. The average Bonchev–Trinajstić information content (AvgIpc) is 3.27. The number of carbonyl (C=O) groups excluding carboxylic acids is 1. The van der Waals surface area contributed by atoms with Gasteiger partial charge in [0.25, 0.3) is 0 Å². The van der Waals surface area contributed by atoms with Gasteiger partial charge in [0, 0.05) is 12.8 Å². The van der Waals surface area contributed by atoms with Crippen molar-refractivity contribution in [3.8, 4) is 5.75 Å². The molecule has 5 heteroatoms. The van der Waals surface area contributed by atoms with E-state index in [0.29, 0.717) is 12.4 Å². The highest BCUT2D eigenvalue weighted by Crippen LogP contribution is 2.45. The molecule has 3 aromatic rings. The van der Waals surface area contributed by atoms with Crippen molar-refractivity contribution in [2.75, 3.05) is 11.9 Å². The third-order valence-electron chi connectivity index (χ3n) is 4.91. The number of amides is 1. The highest BCUT2D eigenvalue weighted by molar-refractivity contribution is 5.97. The number of carbonyl (C=O) groups is 1. The topological polar surface area (TPSA) is 64.4 Å². The van der Waals surface area contributed by atoms with Gasteiger partial charge in [-0.25, -0.2) is 0 Å². The molecule has 1 aromatic heterocycles. The Kier molecular flexibility index (Phi) is 4.98. The molecule has 1 atom stereocenters. The second kappa shape index (κ2) is 7.72. The molecular weight excluding hydrogens is 352 g/mol. The van der Waals surface area contributed by atoms with Crippen LogP contribution in [0.5, 0.6) is 5.75 Å². The van der Waals surface area contributed by atoms with E-state index >= 15 is 0 Å². The molecule has 1 aliphatic carbocycles. The molecule has 4 rings (SSSR count). The molecule has 1 aliphatic rings. The van der Waals surface area contributed by atoms with Crippen molar-refractivity contribution >= 4 is 23.4 Å². The number of hydrogen-bond donors (Lipinski definition) is 1. The Morgan fingerprint density at radius 3 is 2.71 bits per heavy atom. The Balaban J connectivity index is 1.68. The Labute approximate surface area is 164 Å². The molecule has 0 saturated carbocycles. The Hall–Kier alpha value is -3.34. The summed E-state index contributed by atoms with van der Waals surface area (Å²) in [7, 11) is 0. The second-order valence-corrected chi connectivity index (χ2v) is 6.82. The highest BCUT2D eigenvalue weighted by atomic mass is 16.5. The summed E-state index contributed by atoms with van der Waals surface area (Å²) < 4.78 is 10.7. The molecular formula is C23H22N2O3. The van der Waals surface area contributed by atoms with Crippen molar-refractivity contribution in [2.45, 2.75) is 26.2 Å². The molecule has 1 amide bonds. The molecule has 1 heterocycles. The minimum atomic E-state index is -0.172. The van der Waals surface area contributed by atoms with Crippen LogP contribution in [0.2, 0.25) is 0 Å². The summed E-state index contributed by atoms with van der Waals surface area (Å²) in [6.45, 7) is 4.10. The third kappa shape index (κ3) is 3.56. The van der Waals surface area contributed by atoms with Crippen LogP contribution >= 0.6 is 0 Å². The fourth-order valence-electron chi connectivity index (χ4n) is 3.70. The van der Waals surface area contributed by atoms with E-state index < -0.39 is 0 Å². The Bertz CT molecular complexity index is 1020. The van der Waals surface area contributed by atoms with E-state index in [0.717, 1.165) is 23.3 Å². The summed E-state index contributed by atoms with van der Waals surface area (Å²) in [5.41, 5.74) is 5.58. The number of rotatable bonds is 6. The maximum absolute atomic E-state index is 11.5. The second-order valence-electron chi connectivity index (χ2n) is 6.82. The van der Waals surface area contributed by atoms with E-state index in [-0.39, 0.29) is 11.8 Å². The van der Waals surface area contributed by atoms with Gasteiger partial charge in [-0.2, -0.15) is 0 Å². The van der Waals surface area contributed by atoms with E-state index in [4.69, 9.17) is 9.26 Å². The van der Waals surface area contributed by atoms with Crippen LogP contribution in [0, 0.1) is 0 Å². The van der Waals surface area contributed by atoms with E-state index in [1.807, 2.05) is 25.1 Å². The molecule has 0 radical (unpaired) electrons. The molecule has 0 aliphatic heterocycles. The molecule has 142 valence electrons. The van der Waals surface area contributed by atoms with Crippen LogP contribution in [0.1, 0.15) is 42.0 Å². The molecule has 0 bridgehead atoms. The summed E-state index contributed by atoms with van der Waals surface area (Å²) in [6, 6.07) is 16.6. The first-order valence-electron chi connectivity index (χ1n) is 9.40. The third-order valence-corrected chi connectivity index (χ3v) is 4.91. The van der Waals surface area contributed by atoms with Crippen LogP contribution in [-0.4, -0.2) is 17.7 Å². The molecule has 1 unspecified atom stereocenters. The lowest BCUT2D eigenvalue weighted by atomic mass is 9.87. The number of fused-ring (bicyclic) bond motifs is 1. The van der Waals surface area contributed by atoms with Crippen molar-refractivity contribution in [1.82, 2.24) is 5.16 Å². The maximum atomic E-state index is 11.5. The maximum Gasteiger partial charge on any atom is 0.222 e. The number of nitrogens with zero attached hydrogens (tertiary/aromatic N) is 1. The van der Waals surface area contributed by atoms with Gasteiger partial charge in [0.2, 0.25) is 5.91 Å². The van der Waals surface area contributed by atoms with Crippen LogP contribution < -0.4 is 10.1 Å². The van der Waals surface area contributed by atoms with Gasteiger partial charge < -0.3 is 14.6 Å². The first-order valence-corrected chi connectivity index (χ1v) is 9.40. The monoisotopic (exact) mass is 374 g/mol. The quantitative estimate of drug-likeness (QED) is 0.666. The highest BCUT2D eigenvalue weighted by Gasteiger charge is 2.29. The normalized spacial score (nSPS) is 15.1. The van der Waals surface area contributed by atoms with Crippen LogP contribution in [0.4, 0.5) is 5.82 Å². The zero-order valence-electron chi connectivity index (χ0n) is 15.9. The summed E-state index contributed by atoms with van der Waals surface area (Å²) in [5.74, 6) is 1.32. The average molecular weight is 374 g/mol. The zero-order chi connectivity index (χ0) is 19.5. The minimum absolute atomic E-state index is 0.154. The minimum Gasteiger partial charge on any atom is -0.494 e. The zero-order valence-corrected chi connectivity index (χ0v) is 15.9. The molecule has 28 heavy (non-hydrogen) atoms. The first kappa shape index (κ1) is 18.0. The molecule has 5 nitrogen and oxygen atoms in total. The van der Waals surface area contributed by atoms with Crippen LogP contribution in [0.15, 0.2) is 59.3 Å². The first-order chi connectivity index (χ1) is 13.7. The Morgan fingerprint density at radius 1 is 1.18 bits per heavy atom. The fourth-order valence-corrected chi connectivity index (χ4v) is 3.70. The molecule has 0 spiro atoms. The predicted octanol–water partition coefficient (Wildman–Crippen LogP) is 4.91. The SMILES string of the molecule is CCOc1ccc(CC2C(c3conc3NC(C)=O)=Cc3ccccc32)cc1. The van der Waals surface area contributed by atoms with Gasteiger partial charge in [-0.15, -0.1) is 0 Å². The standard InChI is InChI=1S/C23H22N2O3/c1-3-27-18-10-8-16(9-11-18)12-20-19-7-5-4-6-17(19)13-21(20)22-14-28-25-23(22)24-15(2)26/h4-11,13-14,20H,3,12H2,1-2H3,(H,24,25,26). The lowest BCUT2D eigenvalue weighted by Gasteiger charge is -2.17. The van der Waals surface area contributed by atoms with Gasteiger partial charge in [-0.05, 0) is 53.8 Å². The number of anilines is 1. The molecule has 0 saturated heterocycles. The van der Waals surface area contributed by atoms with Crippen molar-refractivity contribution in [2.24, 2.45) is 0 Å². The van der Waals surface area contributed by atoms with Crippen LogP contribution in [-0.2, 0) is 11.2 Å². The predicted molar refractivity (Wildman–Crippen MR) is 109 cm³/mol. The van der Waals surface area contributed by atoms with Gasteiger partial charge in [0.15, 0.2) is 5.82 Å². The summed E-state index contributed by atoms with van der Waals surface area (Å²) >= 11 is 0. The fraction of sp³-hybridized carbons (Fsp3) is 0.217. The van der Waals surface area contributed by atoms with Crippen LogP contribution in [0.25, 0.3) is 11.6 Å². The largest absolute Gasteiger partial charge is 0.494 e. The van der Waals surface area contributed by atoms with Crippen molar-refractivity contribution in [1.29, 1.82) is 0 Å². The lowest BCUT2D eigenvalue weighted by Crippen LogP contribution is -2.09. The lowest BCUT2D eigenvalue weighted by molar-refractivity contribution is -0.114. The van der Waals surface area contributed by atoms with E-state index in [2.05, 4.69) is 46.9 Å². The molecule has 1 N–H and O–H groups in total. The van der Waals surface area contributed by atoms with Crippen molar-refractivity contribution in [3.05, 3.63) is 77.0 Å². The van der Waals surface area contributed by atoms with Gasteiger partial charge in [-0.3, -0.25) is 4.79 Å². The number of benzene rings is 2. The summed E-state index contributed by atoms with van der Waals surface area (Å²) in [6.07, 6.45) is 4.60. The van der Waals surface area contributed by atoms with Crippen molar-refractivity contribution in [3.63, 3.8) is 0 Å². The van der Waals surface area contributed by atoms with E-state index in [1.54, 1.807) is 6.26 Å². The van der Waals surface area contributed by atoms with Crippen molar-refractivity contribution < 1.29 is 14.1 Å². The molecule has 0 fully saturated rings. The molecule has 2 aromatic carbocycles. The number of nitrogens with one attached hydrogen (secondary N) is 1. The smallest absolute Gasteiger partial charge is 0.222 e. The number of hydrogen-bond acceptors (Lipinski definition) is 4. The summed E-state index contributed by atoms with van der Waals surface area (Å²) in [5, 5.41) is 6.73. The van der Waals surface area contributed by atoms with Gasteiger partial charge >= 0.3 is 0 Å². The van der Waals surface area contributed by atoms with Crippen LogP contribution in [0.3, 0.4) is 0 Å². The van der Waals surface area contributed by atoms with Gasteiger partial charge in [0.05, 0.1) is 12.2 Å².